The van der Waals surface area contributed by atoms with Crippen molar-refractivity contribution in [2.24, 2.45) is 0 Å². The van der Waals surface area contributed by atoms with Crippen molar-refractivity contribution in [3.05, 3.63) is 64.9 Å². The number of hydrogen-bond acceptors (Lipinski definition) is 2. The molecule has 0 aliphatic carbocycles. The fraction of sp³-hybridized carbons (Fsp3) is 0.267. The molecule has 0 spiro atoms. The molecule has 1 aromatic carbocycles. The highest BCUT2D eigenvalue weighted by molar-refractivity contribution is 6.29. The zero-order valence-corrected chi connectivity index (χ0v) is 10.8. The van der Waals surface area contributed by atoms with E-state index in [4.69, 9.17) is 11.6 Å². The van der Waals surface area contributed by atoms with Gasteiger partial charge < -0.3 is 5.11 Å². The number of aryl methyl sites for hydroxylation is 1. The van der Waals surface area contributed by atoms with E-state index in [1.807, 2.05) is 24.3 Å². The van der Waals surface area contributed by atoms with Gasteiger partial charge in [0, 0.05) is 6.20 Å². The van der Waals surface area contributed by atoms with Crippen molar-refractivity contribution in [3.63, 3.8) is 0 Å². The predicted molar refractivity (Wildman–Crippen MR) is 73.6 cm³/mol. The predicted octanol–water partition coefficient (Wildman–Crippen LogP) is 3.79. The van der Waals surface area contributed by atoms with Crippen LogP contribution in [0.5, 0.6) is 0 Å². The van der Waals surface area contributed by atoms with Gasteiger partial charge in [-0.05, 0) is 36.5 Å². The Hall–Kier alpha value is -1.38. The lowest BCUT2D eigenvalue weighted by atomic mass is 10.0. The van der Waals surface area contributed by atoms with Crippen LogP contribution in [-0.4, -0.2) is 10.1 Å². The highest BCUT2D eigenvalue weighted by Gasteiger charge is 2.07. The quantitative estimate of drug-likeness (QED) is 0.831. The maximum Gasteiger partial charge on any atom is 0.129 e. The second-order valence-electron chi connectivity index (χ2n) is 4.31. The lowest BCUT2D eigenvalue weighted by Gasteiger charge is -2.10. The van der Waals surface area contributed by atoms with E-state index in [2.05, 4.69) is 17.1 Å². The van der Waals surface area contributed by atoms with Crippen molar-refractivity contribution in [2.45, 2.75) is 25.4 Å². The Kier molecular flexibility index (Phi) is 4.73. The van der Waals surface area contributed by atoms with Gasteiger partial charge in [0.1, 0.15) is 5.15 Å². The first-order valence-electron chi connectivity index (χ1n) is 6.09. The molecule has 1 unspecified atom stereocenters. The monoisotopic (exact) mass is 261 g/mol. The summed E-state index contributed by atoms with van der Waals surface area (Å²) in [5.74, 6) is 0. The SMILES string of the molecule is OC(CCCc1ccccc1)c1ccc(Cl)nc1. The number of aliphatic hydroxyl groups excluding tert-OH is 1. The summed E-state index contributed by atoms with van der Waals surface area (Å²) in [5, 5.41) is 10.5. The van der Waals surface area contributed by atoms with Gasteiger partial charge in [-0.25, -0.2) is 4.98 Å². The third kappa shape index (κ3) is 3.83. The van der Waals surface area contributed by atoms with Gasteiger partial charge in [0.05, 0.1) is 6.10 Å². The van der Waals surface area contributed by atoms with E-state index in [-0.39, 0.29) is 0 Å². The first-order chi connectivity index (χ1) is 8.75. The molecule has 1 aromatic heterocycles. The molecule has 2 nitrogen and oxygen atoms in total. The van der Waals surface area contributed by atoms with E-state index in [0.717, 1.165) is 24.8 Å². The molecule has 0 fully saturated rings. The van der Waals surface area contributed by atoms with Gasteiger partial charge >= 0.3 is 0 Å². The molecular weight excluding hydrogens is 246 g/mol. The Labute approximate surface area is 112 Å². The van der Waals surface area contributed by atoms with Crippen molar-refractivity contribution in [2.75, 3.05) is 0 Å². The van der Waals surface area contributed by atoms with Crippen LogP contribution in [0.15, 0.2) is 48.7 Å². The molecule has 0 radical (unpaired) electrons. The number of pyridine rings is 1. The number of rotatable bonds is 5. The molecule has 1 heterocycles. The van der Waals surface area contributed by atoms with Gasteiger partial charge in [-0.15, -0.1) is 0 Å². The summed E-state index contributed by atoms with van der Waals surface area (Å²) in [6.45, 7) is 0. The number of aromatic nitrogens is 1. The number of hydrogen-bond donors (Lipinski definition) is 1. The van der Waals surface area contributed by atoms with Crippen LogP contribution in [0.25, 0.3) is 0 Å². The van der Waals surface area contributed by atoms with Crippen molar-refractivity contribution < 1.29 is 5.11 Å². The summed E-state index contributed by atoms with van der Waals surface area (Å²) >= 11 is 5.71. The minimum Gasteiger partial charge on any atom is -0.388 e. The third-order valence-electron chi connectivity index (χ3n) is 2.92. The highest BCUT2D eigenvalue weighted by atomic mass is 35.5. The molecule has 1 N–H and O–H groups in total. The number of halogens is 1. The molecule has 0 aliphatic heterocycles. The molecule has 0 saturated heterocycles. The Morgan fingerprint density at radius 3 is 2.56 bits per heavy atom. The van der Waals surface area contributed by atoms with Gasteiger partial charge in [-0.1, -0.05) is 48.0 Å². The molecule has 94 valence electrons. The smallest absolute Gasteiger partial charge is 0.129 e. The van der Waals surface area contributed by atoms with Crippen molar-refractivity contribution >= 4 is 11.6 Å². The largest absolute Gasteiger partial charge is 0.388 e. The van der Waals surface area contributed by atoms with Gasteiger partial charge in [-0.2, -0.15) is 0 Å². The summed E-state index contributed by atoms with van der Waals surface area (Å²) in [6.07, 6.45) is 3.85. The minimum atomic E-state index is -0.460. The number of aliphatic hydroxyl groups is 1. The van der Waals surface area contributed by atoms with Crippen LogP contribution in [-0.2, 0) is 6.42 Å². The molecule has 18 heavy (non-hydrogen) atoms. The molecule has 2 aromatic rings. The minimum absolute atomic E-state index is 0.454. The molecule has 0 bridgehead atoms. The Balaban J connectivity index is 1.81. The standard InChI is InChI=1S/C15H16ClNO/c16-15-10-9-13(11-17-15)14(18)8-4-7-12-5-2-1-3-6-12/h1-3,5-6,9-11,14,18H,4,7-8H2. The molecule has 2 rings (SSSR count). The fourth-order valence-corrected chi connectivity index (χ4v) is 2.01. The molecule has 3 heteroatoms. The number of benzene rings is 1. The average molecular weight is 262 g/mol. The van der Waals surface area contributed by atoms with Gasteiger partial charge in [0.2, 0.25) is 0 Å². The van der Waals surface area contributed by atoms with E-state index in [1.165, 1.54) is 5.56 Å². The third-order valence-corrected chi connectivity index (χ3v) is 3.14. The second-order valence-corrected chi connectivity index (χ2v) is 4.70. The van der Waals surface area contributed by atoms with Crippen LogP contribution in [0.1, 0.15) is 30.1 Å². The zero-order valence-electron chi connectivity index (χ0n) is 10.1. The van der Waals surface area contributed by atoms with Crippen molar-refractivity contribution in [3.8, 4) is 0 Å². The topological polar surface area (TPSA) is 33.1 Å². The van der Waals surface area contributed by atoms with Crippen molar-refractivity contribution in [1.29, 1.82) is 0 Å². The van der Waals surface area contributed by atoms with E-state index < -0.39 is 6.10 Å². The summed E-state index contributed by atoms with van der Waals surface area (Å²) in [4.78, 5) is 3.97. The second kappa shape index (κ2) is 6.53. The highest BCUT2D eigenvalue weighted by Crippen LogP contribution is 2.19. The van der Waals surface area contributed by atoms with E-state index in [1.54, 1.807) is 12.3 Å². The van der Waals surface area contributed by atoms with Gasteiger partial charge in [-0.3, -0.25) is 0 Å². The molecule has 1 atom stereocenters. The summed E-state index contributed by atoms with van der Waals surface area (Å²) in [6, 6.07) is 13.8. The first-order valence-corrected chi connectivity index (χ1v) is 6.47. The molecule has 0 saturated carbocycles. The maximum atomic E-state index is 10.0. The Morgan fingerprint density at radius 1 is 1.11 bits per heavy atom. The van der Waals surface area contributed by atoms with Gasteiger partial charge in [0.25, 0.3) is 0 Å². The normalized spacial score (nSPS) is 12.3. The fourth-order valence-electron chi connectivity index (χ4n) is 1.90. The van der Waals surface area contributed by atoms with Crippen LogP contribution in [0, 0.1) is 0 Å². The van der Waals surface area contributed by atoms with E-state index >= 15 is 0 Å². The maximum absolute atomic E-state index is 10.0. The van der Waals surface area contributed by atoms with Crippen LogP contribution in [0.2, 0.25) is 5.15 Å². The van der Waals surface area contributed by atoms with E-state index in [9.17, 15) is 5.11 Å². The number of nitrogens with zero attached hydrogens (tertiary/aromatic N) is 1. The van der Waals surface area contributed by atoms with Crippen molar-refractivity contribution in [1.82, 2.24) is 4.98 Å². The lowest BCUT2D eigenvalue weighted by Crippen LogP contribution is -1.99. The van der Waals surface area contributed by atoms with Crippen LogP contribution in [0.3, 0.4) is 0 Å². The van der Waals surface area contributed by atoms with Crippen LogP contribution >= 0.6 is 11.6 Å². The summed E-state index contributed by atoms with van der Waals surface area (Å²) in [7, 11) is 0. The Morgan fingerprint density at radius 2 is 1.89 bits per heavy atom. The average Bonchev–Trinajstić information content (AvgIpc) is 2.40. The molecule has 0 aliphatic rings. The zero-order chi connectivity index (χ0) is 12.8. The lowest BCUT2D eigenvalue weighted by molar-refractivity contribution is 0.164. The summed E-state index contributed by atoms with van der Waals surface area (Å²) in [5.41, 5.74) is 2.13. The van der Waals surface area contributed by atoms with E-state index in [0.29, 0.717) is 5.15 Å². The van der Waals surface area contributed by atoms with Gasteiger partial charge in [0.15, 0.2) is 0 Å². The summed E-state index contributed by atoms with van der Waals surface area (Å²) < 4.78 is 0. The first kappa shape index (κ1) is 13.1. The molecular formula is C15H16ClNO. The van der Waals surface area contributed by atoms with Crippen LogP contribution in [0.4, 0.5) is 0 Å². The van der Waals surface area contributed by atoms with Crippen LogP contribution < -0.4 is 0 Å². The Bertz CT molecular complexity index is 470. The molecule has 0 amide bonds.